The maximum absolute atomic E-state index is 12.1. The summed E-state index contributed by atoms with van der Waals surface area (Å²) in [7, 11) is 0. The molecule has 3 aliphatic carbocycles. The van der Waals surface area contributed by atoms with E-state index in [0.29, 0.717) is 39.6 Å². The number of aromatic nitrogens is 1. The highest BCUT2D eigenvalue weighted by Crippen LogP contribution is 2.47. The Morgan fingerprint density at radius 1 is 1.04 bits per heavy atom. The second-order valence-corrected chi connectivity index (χ2v) is 8.84. The molecule has 6 heteroatoms. The van der Waals surface area contributed by atoms with Crippen molar-refractivity contribution in [3.8, 4) is 11.3 Å². The van der Waals surface area contributed by atoms with Crippen LogP contribution in [0.25, 0.3) is 11.3 Å². The van der Waals surface area contributed by atoms with E-state index >= 15 is 0 Å². The number of nitrogens with zero attached hydrogens (tertiary/aromatic N) is 1. The summed E-state index contributed by atoms with van der Waals surface area (Å²) in [6.45, 7) is 0.421. The van der Waals surface area contributed by atoms with Crippen molar-refractivity contribution in [2.75, 3.05) is 0 Å². The second kappa shape index (κ2) is 6.91. The van der Waals surface area contributed by atoms with Crippen LogP contribution in [0.3, 0.4) is 0 Å². The van der Waals surface area contributed by atoms with Crippen molar-refractivity contribution in [2.24, 2.45) is 11.8 Å². The number of carbonyl (C=O) groups is 1. The molecule has 1 aromatic heterocycles. The molecule has 0 amide bonds. The number of Topliss-reactive ketones (excluding diaryl/α,β-unsaturated/α-hetero) is 1. The monoisotopic (exact) mass is 405 g/mol. The number of carbonyl (C=O) groups excluding carboxylic acids is 1. The van der Waals surface area contributed by atoms with Crippen LogP contribution in [0.15, 0.2) is 22.7 Å². The van der Waals surface area contributed by atoms with Crippen LogP contribution in [0.2, 0.25) is 10.0 Å². The average molecular weight is 406 g/mol. The van der Waals surface area contributed by atoms with Crippen LogP contribution in [0.4, 0.5) is 0 Å². The normalized spacial score (nSPS) is 27.3. The lowest BCUT2D eigenvalue weighted by atomic mass is 9.86. The van der Waals surface area contributed by atoms with Crippen molar-refractivity contribution < 1.29 is 14.1 Å². The fourth-order valence-corrected chi connectivity index (χ4v) is 5.18. The van der Waals surface area contributed by atoms with E-state index < -0.39 is 0 Å². The van der Waals surface area contributed by atoms with Gasteiger partial charge in [0.2, 0.25) is 0 Å². The molecule has 3 fully saturated rings. The molecule has 0 unspecified atom stereocenters. The fraction of sp³-hybridized carbons (Fsp3) is 0.524. The highest BCUT2D eigenvalue weighted by molar-refractivity contribution is 6.39. The van der Waals surface area contributed by atoms with Crippen LogP contribution in [0, 0.1) is 11.8 Å². The third-order valence-electron chi connectivity index (χ3n) is 6.19. The minimum absolute atomic E-state index is 0.122. The quantitative estimate of drug-likeness (QED) is 0.630. The van der Waals surface area contributed by atoms with Crippen LogP contribution < -0.4 is 0 Å². The molecule has 1 aromatic carbocycles. The maximum atomic E-state index is 12.1. The van der Waals surface area contributed by atoms with E-state index in [-0.39, 0.29) is 17.9 Å². The number of hydrogen-bond acceptors (Lipinski definition) is 4. The zero-order valence-electron chi connectivity index (χ0n) is 14.9. The lowest BCUT2D eigenvalue weighted by molar-refractivity contribution is -0.130. The van der Waals surface area contributed by atoms with Crippen molar-refractivity contribution in [3.05, 3.63) is 39.6 Å². The van der Waals surface area contributed by atoms with Gasteiger partial charge in [0.05, 0.1) is 22.8 Å². The summed E-state index contributed by atoms with van der Waals surface area (Å²) in [6.07, 6.45) is 6.05. The van der Waals surface area contributed by atoms with E-state index in [1.165, 1.54) is 0 Å². The fourth-order valence-electron chi connectivity index (χ4n) is 4.60. The van der Waals surface area contributed by atoms with E-state index in [0.717, 1.165) is 49.8 Å². The molecule has 3 aliphatic rings. The zero-order chi connectivity index (χ0) is 18.5. The first-order chi connectivity index (χ1) is 13.1. The number of hydrogen-bond donors (Lipinski definition) is 0. The lowest BCUT2D eigenvalue weighted by Crippen LogP contribution is -2.30. The summed E-state index contributed by atoms with van der Waals surface area (Å²) in [6, 6.07) is 5.44. The molecule has 1 heterocycles. The van der Waals surface area contributed by atoms with Gasteiger partial charge in [-0.2, -0.15) is 0 Å². The lowest BCUT2D eigenvalue weighted by Gasteiger charge is -2.26. The number of halogens is 2. The van der Waals surface area contributed by atoms with Gasteiger partial charge >= 0.3 is 0 Å². The molecule has 27 heavy (non-hydrogen) atoms. The summed E-state index contributed by atoms with van der Waals surface area (Å²) in [5, 5.41) is 5.42. The Kier molecular flexibility index (Phi) is 4.53. The summed E-state index contributed by atoms with van der Waals surface area (Å²) < 4.78 is 12.0. The summed E-state index contributed by atoms with van der Waals surface area (Å²) in [4.78, 5) is 12.1. The number of ether oxygens (including phenoxy) is 1. The van der Waals surface area contributed by atoms with Crippen molar-refractivity contribution in [1.29, 1.82) is 0 Å². The molecule has 4 nitrogen and oxygen atoms in total. The molecule has 0 N–H and O–H groups in total. The predicted molar refractivity (Wildman–Crippen MR) is 103 cm³/mol. The highest BCUT2D eigenvalue weighted by Gasteiger charge is 2.42. The third kappa shape index (κ3) is 3.22. The minimum Gasteiger partial charge on any atom is -0.373 e. The second-order valence-electron chi connectivity index (χ2n) is 8.02. The number of rotatable bonds is 5. The van der Waals surface area contributed by atoms with Gasteiger partial charge in [-0.3, -0.25) is 4.79 Å². The Bertz CT molecular complexity index is 853. The van der Waals surface area contributed by atoms with E-state index in [2.05, 4.69) is 5.16 Å². The topological polar surface area (TPSA) is 52.3 Å². The smallest absolute Gasteiger partial charge is 0.145 e. The van der Waals surface area contributed by atoms with Crippen molar-refractivity contribution >= 4 is 29.0 Å². The predicted octanol–water partition coefficient (Wildman–Crippen LogP) is 5.80. The molecule has 0 saturated heterocycles. The van der Waals surface area contributed by atoms with Crippen molar-refractivity contribution in [3.63, 3.8) is 0 Å². The first-order valence-corrected chi connectivity index (χ1v) is 10.5. The molecule has 2 bridgehead atoms. The molecule has 142 valence electrons. The van der Waals surface area contributed by atoms with E-state index in [1.54, 1.807) is 0 Å². The Morgan fingerprint density at radius 3 is 2.30 bits per heavy atom. The van der Waals surface area contributed by atoms with Crippen molar-refractivity contribution in [1.82, 2.24) is 5.16 Å². The number of ketones is 1. The van der Waals surface area contributed by atoms with Crippen molar-refractivity contribution in [2.45, 2.75) is 57.2 Å². The Labute approximate surface area is 168 Å². The zero-order valence-corrected chi connectivity index (χ0v) is 16.4. The minimum atomic E-state index is 0.122. The van der Waals surface area contributed by atoms with Gasteiger partial charge in [-0.15, -0.1) is 0 Å². The Morgan fingerprint density at radius 2 is 1.67 bits per heavy atom. The molecule has 0 spiro atoms. The SMILES string of the molecule is O=C1[C@@H]2CC[C@H]1C[C@H](OCc1c(-c3c(Cl)cccc3Cl)noc1C1CC1)C2. The number of fused-ring (bicyclic) bond motifs is 2. The van der Waals surface area contributed by atoms with Gasteiger partial charge in [-0.25, -0.2) is 0 Å². The summed E-state index contributed by atoms with van der Waals surface area (Å²) in [5.41, 5.74) is 2.34. The Hall–Kier alpha value is -1.36. The molecule has 3 atom stereocenters. The van der Waals surface area contributed by atoms with Crippen LogP contribution >= 0.6 is 23.2 Å². The van der Waals surface area contributed by atoms with E-state index in [4.69, 9.17) is 32.5 Å². The van der Waals surface area contributed by atoms with Gasteiger partial charge < -0.3 is 9.26 Å². The van der Waals surface area contributed by atoms with Crippen LogP contribution in [-0.2, 0) is 16.1 Å². The van der Waals surface area contributed by atoms with Gasteiger partial charge in [0.15, 0.2) is 0 Å². The third-order valence-corrected chi connectivity index (χ3v) is 6.82. The molecule has 0 aliphatic heterocycles. The maximum Gasteiger partial charge on any atom is 0.145 e. The summed E-state index contributed by atoms with van der Waals surface area (Å²) in [5.74, 6) is 2.14. The average Bonchev–Trinajstić information content (AvgIpc) is 3.38. The summed E-state index contributed by atoms with van der Waals surface area (Å²) >= 11 is 12.8. The molecule has 2 aromatic rings. The molecular weight excluding hydrogens is 385 g/mol. The van der Waals surface area contributed by atoms with Gasteiger partial charge in [-0.1, -0.05) is 34.4 Å². The van der Waals surface area contributed by atoms with Gasteiger partial charge in [0, 0.05) is 28.9 Å². The highest BCUT2D eigenvalue weighted by atomic mass is 35.5. The van der Waals surface area contributed by atoms with Gasteiger partial charge in [-0.05, 0) is 50.7 Å². The van der Waals surface area contributed by atoms with Crippen LogP contribution in [0.5, 0.6) is 0 Å². The van der Waals surface area contributed by atoms with Gasteiger partial charge in [0.25, 0.3) is 0 Å². The molecule has 3 saturated carbocycles. The van der Waals surface area contributed by atoms with Crippen LogP contribution in [-0.4, -0.2) is 17.0 Å². The standard InChI is InChI=1S/C21H21Cl2NO3/c22-16-2-1-3-17(23)18(16)19-15(21(27-24-19)11-4-5-11)10-26-14-8-12-6-7-13(9-14)20(12)25/h1-3,11-14H,4-10H2/t12-,13+,14-. The number of benzene rings is 1. The molecule has 5 rings (SSSR count). The molecular formula is C21H21Cl2NO3. The van der Waals surface area contributed by atoms with E-state index in [9.17, 15) is 4.79 Å². The first kappa shape index (κ1) is 17.7. The van der Waals surface area contributed by atoms with Crippen LogP contribution in [0.1, 0.15) is 55.8 Å². The first-order valence-electron chi connectivity index (χ1n) is 9.70. The molecule has 0 radical (unpaired) electrons. The largest absolute Gasteiger partial charge is 0.373 e. The Balaban J connectivity index is 1.42. The van der Waals surface area contributed by atoms with Gasteiger partial charge in [0.1, 0.15) is 17.2 Å². The van der Waals surface area contributed by atoms with E-state index in [1.807, 2.05) is 18.2 Å².